The number of nitrogens with zero attached hydrogens (tertiary/aromatic N) is 1. The van der Waals surface area contributed by atoms with E-state index < -0.39 is 0 Å². The quantitative estimate of drug-likeness (QED) is 0.809. The van der Waals surface area contributed by atoms with Crippen molar-refractivity contribution >= 4 is 0 Å². The second kappa shape index (κ2) is 8.97. The Kier molecular flexibility index (Phi) is 6.42. The fraction of sp³-hybridized carbons (Fsp3) is 0.476. The lowest BCUT2D eigenvalue weighted by Crippen LogP contribution is -2.26. The second-order valence-electron chi connectivity index (χ2n) is 6.63. The number of hydrogen-bond acceptors (Lipinski definition) is 4. The summed E-state index contributed by atoms with van der Waals surface area (Å²) in [6.45, 7) is 6.02. The predicted molar refractivity (Wildman–Crippen MR) is 99.7 cm³/mol. The maximum absolute atomic E-state index is 6.05. The molecule has 0 amide bonds. The minimum Gasteiger partial charge on any atom is -0.490 e. The fourth-order valence-electron chi connectivity index (χ4n) is 3.26. The third-order valence-electron chi connectivity index (χ3n) is 4.82. The first-order valence-corrected chi connectivity index (χ1v) is 9.26. The molecule has 2 aromatic rings. The van der Waals surface area contributed by atoms with E-state index in [2.05, 4.69) is 60.5 Å². The van der Waals surface area contributed by atoms with Crippen molar-refractivity contribution in [1.82, 2.24) is 10.3 Å². The number of nitrogens with one attached hydrogen (secondary N) is 1. The first-order valence-electron chi connectivity index (χ1n) is 9.26. The van der Waals surface area contributed by atoms with Gasteiger partial charge in [0.2, 0.25) is 0 Å². The van der Waals surface area contributed by atoms with Crippen LogP contribution in [0.2, 0.25) is 0 Å². The second-order valence-corrected chi connectivity index (χ2v) is 6.63. The van der Waals surface area contributed by atoms with E-state index in [0.717, 1.165) is 38.2 Å². The Morgan fingerprint density at radius 3 is 2.40 bits per heavy atom. The van der Waals surface area contributed by atoms with E-state index in [9.17, 15) is 0 Å². The van der Waals surface area contributed by atoms with Gasteiger partial charge in [0.05, 0.1) is 13.2 Å². The molecule has 1 fully saturated rings. The summed E-state index contributed by atoms with van der Waals surface area (Å²) in [6, 6.07) is 13.2. The molecule has 2 unspecified atom stereocenters. The zero-order valence-electron chi connectivity index (χ0n) is 15.2. The van der Waals surface area contributed by atoms with Gasteiger partial charge in [0, 0.05) is 37.3 Å². The van der Waals surface area contributed by atoms with Crippen molar-refractivity contribution in [3.05, 3.63) is 59.9 Å². The molecule has 2 atom stereocenters. The van der Waals surface area contributed by atoms with Crippen LogP contribution in [0.1, 0.15) is 56.3 Å². The molecule has 1 aromatic heterocycles. The third kappa shape index (κ3) is 5.03. The van der Waals surface area contributed by atoms with Gasteiger partial charge in [0.15, 0.2) is 0 Å². The molecule has 2 heterocycles. The topological polar surface area (TPSA) is 43.4 Å². The molecule has 4 nitrogen and oxygen atoms in total. The number of ether oxygens (including phenoxy) is 2. The summed E-state index contributed by atoms with van der Waals surface area (Å²) in [5.41, 5.74) is 2.55. The molecule has 1 aliphatic heterocycles. The van der Waals surface area contributed by atoms with Gasteiger partial charge >= 0.3 is 0 Å². The minimum absolute atomic E-state index is 0.273. The van der Waals surface area contributed by atoms with Gasteiger partial charge in [-0.3, -0.25) is 4.98 Å². The molecular weight excluding hydrogens is 312 g/mol. The summed E-state index contributed by atoms with van der Waals surface area (Å²) in [5.74, 6) is 0.948. The van der Waals surface area contributed by atoms with Crippen LogP contribution >= 0.6 is 0 Å². The zero-order chi connectivity index (χ0) is 17.5. The number of rotatable bonds is 7. The zero-order valence-corrected chi connectivity index (χ0v) is 15.2. The van der Waals surface area contributed by atoms with Crippen LogP contribution in [-0.4, -0.2) is 24.3 Å². The number of benzene rings is 1. The van der Waals surface area contributed by atoms with Gasteiger partial charge in [-0.1, -0.05) is 19.1 Å². The van der Waals surface area contributed by atoms with Crippen LogP contribution in [0.25, 0.3) is 0 Å². The van der Waals surface area contributed by atoms with E-state index in [-0.39, 0.29) is 12.1 Å². The summed E-state index contributed by atoms with van der Waals surface area (Å²) in [4.78, 5) is 4.11. The van der Waals surface area contributed by atoms with E-state index >= 15 is 0 Å². The van der Waals surface area contributed by atoms with E-state index in [1.54, 1.807) is 0 Å². The largest absolute Gasteiger partial charge is 0.490 e. The van der Waals surface area contributed by atoms with Gasteiger partial charge in [0.1, 0.15) is 11.9 Å². The normalized spacial score (nSPS) is 17.8. The van der Waals surface area contributed by atoms with Crippen LogP contribution in [-0.2, 0) is 4.74 Å². The number of pyridine rings is 1. The van der Waals surface area contributed by atoms with Crippen molar-refractivity contribution in [3.63, 3.8) is 0 Å². The Hall–Kier alpha value is -1.91. The van der Waals surface area contributed by atoms with Gasteiger partial charge in [0.25, 0.3) is 0 Å². The monoisotopic (exact) mass is 340 g/mol. The Labute approximate surface area is 150 Å². The Morgan fingerprint density at radius 1 is 1.08 bits per heavy atom. The fourth-order valence-corrected chi connectivity index (χ4v) is 3.26. The lowest BCUT2D eigenvalue weighted by atomic mass is 10.0. The van der Waals surface area contributed by atoms with E-state index in [0.29, 0.717) is 6.04 Å². The molecule has 0 saturated carbocycles. The predicted octanol–water partition coefficient (Wildman–Crippen LogP) is 4.44. The van der Waals surface area contributed by atoms with Crippen LogP contribution in [0.3, 0.4) is 0 Å². The SMILES string of the molecule is CCC(NC(C)c1ccc(OC2CCOCC2)cc1)c1ccncc1. The molecule has 134 valence electrons. The molecule has 0 bridgehead atoms. The maximum Gasteiger partial charge on any atom is 0.119 e. The highest BCUT2D eigenvalue weighted by Gasteiger charge is 2.16. The summed E-state index contributed by atoms with van der Waals surface area (Å²) in [7, 11) is 0. The highest BCUT2D eigenvalue weighted by molar-refractivity contribution is 5.29. The molecule has 0 spiro atoms. The van der Waals surface area contributed by atoms with Crippen LogP contribution in [0.5, 0.6) is 5.75 Å². The van der Waals surface area contributed by atoms with Gasteiger partial charge in [-0.05, 0) is 48.7 Å². The third-order valence-corrected chi connectivity index (χ3v) is 4.82. The lowest BCUT2D eigenvalue weighted by Gasteiger charge is -2.25. The molecular formula is C21H28N2O2. The average Bonchev–Trinajstić information content (AvgIpc) is 2.68. The molecule has 3 rings (SSSR count). The minimum atomic E-state index is 0.273. The van der Waals surface area contributed by atoms with Gasteiger partial charge in [-0.25, -0.2) is 0 Å². The summed E-state index contributed by atoms with van der Waals surface area (Å²) in [5, 5.41) is 3.71. The standard InChI is InChI=1S/C21H28N2O2/c1-3-21(18-8-12-22-13-9-18)23-16(2)17-4-6-19(7-5-17)25-20-10-14-24-15-11-20/h4-9,12-13,16,20-21,23H,3,10-11,14-15H2,1-2H3. The molecule has 1 aromatic carbocycles. The summed E-state index contributed by atoms with van der Waals surface area (Å²) in [6.07, 6.45) is 6.98. The Bertz CT molecular complexity index is 624. The Balaban J connectivity index is 1.59. The van der Waals surface area contributed by atoms with Crippen molar-refractivity contribution in [1.29, 1.82) is 0 Å². The van der Waals surface area contributed by atoms with Gasteiger partial charge < -0.3 is 14.8 Å². The summed E-state index contributed by atoms with van der Waals surface area (Å²) < 4.78 is 11.4. The van der Waals surface area contributed by atoms with Crippen molar-refractivity contribution in [2.45, 2.75) is 51.3 Å². The Morgan fingerprint density at radius 2 is 1.76 bits per heavy atom. The van der Waals surface area contributed by atoms with Crippen molar-refractivity contribution in [3.8, 4) is 5.75 Å². The van der Waals surface area contributed by atoms with Crippen molar-refractivity contribution in [2.24, 2.45) is 0 Å². The number of aromatic nitrogens is 1. The molecule has 1 saturated heterocycles. The van der Waals surface area contributed by atoms with Crippen LogP contribution < -0.4 is 10.1 Å². The first kappa shape index (κ1) is 17.9. The molecule has 0 aliphatic carbocycles. The van der Waals surface area contributed by atoms with E-state index in [1.807, 2.05) is 12.4 Å². The van der Waals surface area contributed by atoms with E-state index in [4.69, 9.17) is 9.47 Å². The maximum atomic E-state index is 6.05. The smallest absolute Gasteiger partial charge is 0.119 e. The van der Waals surface area contributed by atoms with Crippen molar-refractivity contribution < 1.29 is 9.47 Å². The molecule has 1 aliphatic rings. The van der Waals surface area contributed by atoms with Gasteiger partial charge in [-0.15, -0.1) is 0 Å². The molecule has 1 N–H and O–H groups in total. The molecule has 4 heteroatoms. The van der Waals surface area contributed by atoms with Crippen LogP contribution in [0.15, 0.2) is 48.8 Å². The van der Waals surface area contributed by atoms with Crippen molar-refractivity contribution in [2.75, 3.05) is 13.2 Å². The average molecular weight is 340 g/mol. The molecule has 0 radical (unpaired) electrons. The highest BCUT2D eigenvalue weighted by Crippen LogP contribution is 2.24. The van der Waals surface area contributed by atoms with E-state index in [1.165, 1.54) is 11.1 Å². The van der Waals surface area contributed by atoms with Gasteiger partial charge in [-0.2, -0.15) is 0 Å². The number of hydrogen-bond donors (Lipinski definition) is 1. The summed E-state index contributed by atoms with van der Waals surface area (Å²) >= 11 is 0. The lowest BCUT2D eigenvalue weighted by molar-refractivity contribution is 0.0255. The highest BCUT2D eigenvalue weighted by atomic mass is 16.5. The molecule has 25 heavy (non-hydrogen) atoms. The van der Waals surface area contributed by atoms with Crippen LogP contribution in [0.4, 0.5) is 0 Å². The van der Waals surface area contributed by atoms with Crippen LogP contribution in [0, 0.1) is 0 Å². The first-order chi connectivity index (χ1) is 12.3.